The van der Waals surface area contributed by atoms with Crippen molar-refractivity contribution in [1.29, 1.82) is 0 Å². The number of rotatable bonds is 5. The van der Waals surface area contributed by atoms with E-state index in [1.54, 1.807) is 6.20 Å². The third-order valence-corrected chi connectivity index (χ3v) is 2.11. The number of ether oxygens (including phenoxy) is 2. The Hall–Kier alpha value is -1.09. The fraction of sp³-hybridized carbons (Fsp3) is 0.545. The molecule has 2 rings (SSSR count). The van der Waals surface area contributed by atoms with E-state index in [2.05, 4.69) is 4.98 Å². The Morgan fingerprint density at radius 3 is 2.86 bits per heavy atom. The number of pyridine rings is 1. The molecule has 1 heterocycles. The smallest absolute Gasteiger partial charge is 0.137 e. The lowest BCUT2D eigenvalue weighted by molar-refractivity contribution is 0.0880. The van der Waals surface area contributed by atoms with Crippen molar-refractivity contribution in [3.8, 4) is 5.75 Å². The lowest BCUT2D eigenvalue weighted by atomic mass is 10.4. The van der Waals surface area contributed by atoms with Gasteiger partial charge in [0.05, 0.1) is 18.9 Å². The third kappa shape index (κ3) is 3.00. The molecule has 1 saturated carbocycles. The first-order valence-electron chi connectivity index (χ1n) is 5.01. The van der Waals surface area contributed by atoms with Gasteiger partial charge < -0.3 is 9.47 Å². The van der Waals surface area contributed by atoms with Crippen molar-refractivity contribution in [3.63, 3.8) is 0 Å². The highest BCUT2D eigenvalue weighted by atomic mass is 16.5. The van der Waals surface area contributed by atoms with Gasteiger partial charge in [-0.1, -0.05) is 0 Å². The molecule has 3 heteroatoms. The molecule has 0 aliphatic heterocycles. The number of aromatic nitrogens is 1. The second-order valence-electron chi connectivity index (χ2n) is 3.55. The Morgan fingerprint density at radius 2 is 2.21 bits per heavy atom. The maximum absolute atomic E-state index is 5.45. The van der Waals surface area contributed by atoms with E-state index in [-0.39, 0.29) is 0 Å². The van der Waals surface area contributed by atoms with Gasteiger partial charge >= 0.3 is 0 Å². The van der Waals surface area contributed by atoms with Crippen LogP contribution in [0.1, 0.15) is 18.5 Å². The lowest BCUT2D eigenvalue weighted by Crippen LogP contribution is -2.07. The van der Waals surface area contributed by atoms with E-state index in [0.717, 1.165) is 11.4 Å². The van der Waals surface area contributed by atoms with Gasteiger partial charge in [-0.05, 0) is 31.9 Å². The molecule has 0 unspecified atom stereocenters. The number of aryl methyl sites for hydroxylation is 1. The molecular weight excluding hydrogens is 178 g/mol. The topological polar surface area (TPSA) is 31.4 Å². The summed E-state index contributed by atoms with van der Waals surface area (Å²) in [5, 5.41) is 0. The van der Waals surface area contributed by atoms with Crippen LogP contribution in [0.4, 0.5) is 0 Å². The van der Waals surface area contributed by atoms with E-state index in [1.807, 2.05) is 19.1 Å². The summed E-state index contributed by atoms with van der Waals surface area (Å²) in [4.78, 5) is 4.14. The molecule has 1 aromatic rings. The standard InChI is InChI=1S/C11H15NO2/c1-9-2-3-11(8-12-9)14-7-6-13-10-4-5-10/h2-3,8,10H,4-7H2,1H3. The Kier molecular flexibility index (Phi) is 2.99. The van der Waals surface area contributed by atoms with Crippen molar-refractivity contribution in [3.05, 3.63) is 24.0 Å². The molecule has 14 heavy (non-hydrogen) atoms. The first-order valence-corrected chi connectivity index (χ1v) is 5.01. The van der Waals surface area contributed by atoms with Crippen LogP contribution in [0, 0.1) is 6.92 Å². The number of nitrogens with zero attached hydrogens (tertiary/aromatic N) is 1. The lowest BCUT2D eigenvalue weighted by Gasteiger charge is -2.05. The summed E-state index contributed by atoms with van der Waals surface area (Å²) in [5.74, 6) is 0.815. The zero-order chi connectivity index (χ0) is 9.80. The average Bonchev–Trinajstić information content (AvgIpc) is 2.99. The molecule has 0 atom stereocenters. The molecule has 0 saturated heterocycles. The van der Waals surface area contributed by atoms with Crippen molar-refractivity contribution >= 4 is 0 Å². The highest BCUT2D eigenvalue weighted by Crippen LogP contribution is 2.23. The molecule has 0 amide bonds. The van der Waals surface area contributed by atoms with Gasteiger partial charge in [-0.15, -0.1) is 0 Å². The molecule has 1 fully saturated rings. The maximum Gasteiger partial charge on any atom is 0.137 e. The van der Waals surface area contributed by atoms with Crippen LogP contribution in [0.15, 0.2) is 18.3 Å². The van der Waals surface area contributed by atoms with Crippen LogP contribution in [-0.4, -0.2) is 24.3 Å². The predicted molar refractivity (Wildman–Crippen MR) is 53.4 cm³/mol. The summed E-state index contributed by atoms with van der Waals surface area (Å²) in [6.07, 6.45) is 4.68. The molecule has 0 spiro atoms. The fourth-order valence-corrected chi connectivity index (χ4v) is 1.15. The molecule has 0 radical (unpaired) electrons. The molecule has 0 aromatic carbocycles. The minimum absolute atomic E-state index is 0.509. The van der Waals surface area contributed by atoms with E-state index in [0.29, 0.717) is 19.3 Å². The summed E-state index contributed by atoms with van der Waals surface area (Å²) in [6, 6.07) is 3.87. The van der Waals surface area contributed by atoms with Gasteiger partial charge in [-0.3, -0.25) is 4.98 Å². The average molecular weight is 193 g/mol. The molecular formula is C11H15NO2. The normalized spacial score (nSPS) is 15.5. The van der Waals surface area contributed by atoms with Crippen molar-refractivity contribution in [2.24, 2.45) is 0 Å². The molecule has 1 aliphatic carbocycles. The fourth-order valence-electron chi connectivity index (χ4n) is 1.15. The summed E-state index contributed by atoms with van der Waals surface area (Å²) in [6.45, 7) is 3.25. The first kappa shape index (κ1) is 9.46. The van der Waals surface area contributed by atoms with Crippen molar-refractivity contribution in [1.82, 2.24) is 4.98 Å². The van der Waals surface area contributed by atoms with E-state index < -0.39 is 0 Å². The van der Waals surface area contributed by atoms with Gasteiger partial charge in [-0.2, -0.15) is 0 Å². The third-order valence-electron chi connectivity index (χ3n) is 2.11. The predicted octanol–water partition coefficient (Wildman–Crippen LogP) is 1.95. The summed E-state index contributed by atoms with van der Waals surface area (Å²) < 4.78 is 10.9. The van der Waals surface area contributed by atoms with Crippen LogP contribution in [0.5, 0.6) is 5.75 Å². The van der Waals surface area contributed by atoms with Gasteiger partial charge in [0.1, 0.15) is 12.4 Å². The van der Waals surface area contributed by atoms with Crippen molar-refractivity contribution in [2.75, 3.05) is 13.2 Å². The van der Waals surface area contributed by atoms with Crippen molar-refractivity contribution in [2.45, 2.75) is 25.9 Å². The summed E-state index contributed by atoms with van der Waals surface area (Å²) >= 11 is 0. The largest absolute Gasteiger partial charge is 0.490 e. The Bertz CT molecular complexity index is 280. The van der Waals surface area contributed by atoms with E-state index in [1.165, 1.54) is 12.8 Å². The van der Waals surface area contributed by atoms with E-state index in [4.69, 9.17) is 9.47 Å². The maximum atomic E-state index is 5.45. The van der Waals surface area contributed by atoms with Crippen molar-refractivity contribution < 1.29 is 9.47 Å². The Morgan fingerprint density at radius 1 is 1.36 bits per heavy atom. The monoisotopic (exact) mass is 193 g/mol. The SMILES string of the molecule is Cc1ccc(OCCOC2CC2)cn1. The van der Waals surface area contributed by atoms with Gasteiger partial charge in [0.2, 0.25) is 0 Å². The molecule has 76 valence electrons. The molecule has 0 bridgehead atoms. The van der Waals surface area contributed by atoms with E-state index >= 15 is 0 Å². The first-order chi connectivity index (χ1) is 6.84. The summed E-state index contributed by atoms with van der Waals surface area (Å²) in [7, 11) is 0. The van der Waals surface area contributed by atoms with Gasteiger partial charge in [-0.25, -0.2) is 0 Å². The van der Waals surface area contributed by atoms with E-state index in [9.17, 15) is 0 Å². The second-order valence-corrected chi connectivity index (χ2v) is 3.55. The van der Waals surface area contributed by atoms with Crippen LogP contribution in [-0.2, 0) is 4.74 Å². The Balaban J connectivity index is 1.66. The number of hydrogen-bond acceptors (Lipinski definition) is 3. The van der Waals surface area contributed by atoms with Crippen LogP contribution < -0.4 is 4.74 Å². The Labute approximate surface area is 84.1 Å². The number of hydrogen-bond donors (Lipinski definition) is 0. The van der Waals surface area contributed by atoms with Crippen LogP contribution in [0.3, 0.4) is 0 Å². The van der Waals surface area contributed by atoms with Gasteiger partial charge in [0, 0.05) is 5.69 Å². The molecule has 0 N–H and O–H groups in total. The van der Waals surface area contributed by atoms with Crippen LogP contribution in [0.25, 0.3) is 0 Å². The molecule has 1 aliphatic rings. The minimum Gasteiger partial charge on any atom is -0.490 e. The summed E-state index contributed by atoms with van der Waals surface area (Å²) in [5.41, 5.74) is 1.01. The molecule has 3 nitrogen and oxygen atoms in total. The highest BCUT2D eigenvalue weighted by molar-refractivity contribution is 5.18. The van der Waals surface area contributed by atoms with Gasteiger partial charge in [0.25, 0.3) is 0 Å². The second kappa shape index (κ2) is 4.42. The minimum atomic E-state index is 0.509. The highest BCUT2D eigenvalue weighted by Gasteiger charge is 2.21. The van der Waals surface area contributed by atoms with Crippen LogP contribution in [0.2, 0.25) is 0 Å². The quantitative estimate of drug-likeness (QED) is 0.670. The zero-order valence-corrected chi connectivity index (χ0v) is 8.40. The van der Waals surface area contributed by atoms with Gasteiger partial charge in [0.15, 0.2) is 0 Å². The van der Waals surface area contributed by atoms with Crippen LogP contribution >= 0.6 is 0 Å². The molecule has 1 aromatic heterocycles. The zero-order valence-electron chi connectivity index (χ0n) is 8.40.